The average Bonchev–Trinajstić information content (AvgIpc) is 3.29. The number of ether oxygens (including phenoxy) is 2. The Hall–Kier alpha value is -4.47. The summed E-state index contributed by atoms with van der Waals surface area (Å²) < 4.78 is 27.5. The molecular formula is C28H30FN5O4. The SMILES string of the molecule is COc1ccc(N(C(=O)Cn2nnc3ccccc32)[C@H](C(=O)NC(C)(C)C)c2ccccc2F)cc1OC. The summed E-state index contributed by atoms with van der Waals surface area (Å²) in [6.45, 7) is 5.19. The quantitative estimate of drug-likeness (QED) is 0.373. The molecular weight excluding hydrogens is 489 g/mol. The Morgan fingerprint density at radius 1 is 1.00 bits per heavy atom. The van der Waals surface area contributed by atoms with Gasteiger partial charge in [0, 0.05) is 22.9 Å². The summed E-state index contributed by atoms with van der Waals surface area (Å²) in [6, 6.07) is 16.6. The zero-order valence-corrected chi connectivity index (χ0v) is 21.9. The Bertz CT molecular complexity index is 1460. The van der Waals surface area contributed by atoms with Gasteiger partial charge in [-0.3, -0.25) is 14.5 Å². The molecule has 1 aromatic heterocycles. The van der Waals surface area contributed by atoms with Gasteiger partial charge in [0.05, 0.1) is 19.7 Å². The van der Waals surface area contributed by atoms with Gasteiger partial charge in [0.25, 0.3) is 0 Å². The summed E-state index contributed by atoms with van der Waals surface area (Å²) >= 11 is 0. The first kappa shape index (κ1) is 26.6. The molecule has 38 heavy (non-hydrogen) atoms. The summed E-state index contributed by atoms with van der Waals surface area (Å²) in [5.41, 5.74) is 0.980. The van der Waals surface area contributed by atoms with Gasteiger partial charge in [-0.15, -0.1) is 5.10 Å². The molecule has 0 unspecified atom stereocenters. The van der Waals surface area contributed by atoms with Gasteiger partial charge in [-0.1, -0.05) is 35.5 Å². The number of nitrogens with zero attached hydrogens (tertiary/aromatic N) is 4. The number of rotatable bonds is 8. The lowest BCUT2D eigenvalue weighted by atomic mass is 10.00. The van der Waals surface area contributed by atoms with E-state index in [-0.39, 0.29) is 12.1 Å². The smallest absolute Gasteiger partial charge is 0.249 e. The first-order chi connectivity index (χ1) is 18.1. The number of benzene rings is 3. The number of carbonyl (C=O) groups is 2. The zero-order chi connectivity index (χ0) is 27.4. The summed E-state index contributed by atoms with van der Waals surface area (Å²) in [6.07, 6.45) is 0. The van der Waals surface area contributed by atoms with Crippen LogP contribution >= 0.6 is 0 Å². The topological polar surface area (TPSA) is 98.6 Å². The van der Waals surface area contributed by atoms with Crippen molar-refractivity contribution in [2.75, 3.05) is 19.1 Å². The minimum atomic E-state index is -1.34. The van der Waals surface area contributed by atoms with Crippen LogP contribution in [0.1, 0.15) is 32.4 Å². The highest BCUT2D eigenvalue weighted by Crippen LogP contribution is 2.36. The molecule has 0 fully saturated rings. The van der Waals surface area contributed by atoms with E-state index in [1.54, 1.807) is 36.4 Å². The third kappa shape index (κ3) is 5.59. The highest BCUT2D eigenvalue weighted by Gasteiger charge is 2.36. The maximum absolute atomic E-state index is 15.2. The minimum Gasteiger partial charge on any atom is -0.493 e. The predicted molar refractivity (Wildman–Crippen MR) is 142 cm³/mol. The third-order valence-electron chi connectivity index (χ3n) is 5.82. The van der Waals surface area contributed by atoms with Crippen LogP contribution < -0.4 is 19.7 Å². The van der Waals surface area contributed by atoms with Gasteiger partial charge >= 0.3 is 0 Å². The van der Waals surface area contributed by atoms with Gasteiger partial charge in [-0.05, 0) is 51.1 Å². The van der Waals surface area contributed by atoms with E-state index in [9.17, 15) is 9.59 Å². The second-order valence-electron chi connectivity index (χ2n) is 9.70. The molecule has 4 rings (SSSR count). The lowest BCUT2D eigenvalue weighted by Crippen LogP contribution is -2.50. The Kier molecular flexibility index (Phi) is 7.61. The second kappa shape index (κ2) is 10.9. The molecule has 10 heteroatoms. The number of nitrogens with one attached hydrogen (secondary N) is 1. The number of hydrogen-bond acceptors (Lipinski definition) is 6. The van der Waals surface area contributed by atoms with Gasteiger partial charge in [0.2, 0.25) is 11.8 Å². The van der Waals surface area contributed by atoms with E-state index < -0.39 is 29.2 Å². The monoisotopic (exact) mass is 519 g/mol. The molecule has 4 aromatic rings. The molecule has 0 saturated carbocycles. The number of para-hydroxylation sites is 1. The number of amides is 2. The second-order valence-corrected chi connectivity index (χ2v) is 9.70. The number of fused-ring (bicyclic) bond motifs is 1. The number of aromatic nitrogens is 3. The van der Waals surface area contributed by atoms with E-state index in [2.05, 4.69) is 15.6 Å². The summed E-state index contributed by atoms with van der Waals surface area (Å²) in [5, 5.41) is 11.1. The average molecular weight is 520 g/mol. The van der Waals surface area contributed by atoms with Crippen molar-refractivity contribution in [3.05, 3.63) is 78.1 Å². The van der Waals surface area contributed by atoms with Crippen molar-refractivity contribution in [2.45, 2.75) is 38.9 Å². The fourth-order valence-electron chi connectivity index (χ4n) is 4.18. The molecule has 1 heterocycles. The fourth-order valence-corrected chi connectivity index (χ4v) is 4.18. The molecule has 0 aliphatic carbocycles. The molecule has 1 atom stereocenters. The summed E-state index contributed by atoms with van der Waals surface area (Å²) in [7, 11) is 2.96. The maximum atomic E-state index is 15.2. The predicted octanol–water partition coefficient (Wildman–Crippen LogP) is 4.28. The van der Waals surface area contributed by atoms with Crippen LogP contribution in [0.15, 0.2) is 66.7 Å². The van der Waals surface area contributed by atoms with Crippen LogP contribution in [0.5, 0.6) is 11.5 Å². The highest BCUT2D eigenvalue weighted by atomic mass is 19.1. The number of carbonyl (C=O) groups excluding carboxylic acids is 2. The molecule has 198 valence electrons. The number of anilines is 1. The molecule has 0 aliphatic rings. The van der Waals surface area contributed by atoms with Crippen molar-refractivity contribution in [2.24, 2.45) is 0 Å². The molecule has 0 saturated heterocycles. The first-order valence-electron chi connectivity index (χ1n) is 12.0. The lowest BCUT2D eigenvalue weighted by Gasteiger charge is -2.34. The third-order valence-corrected chi connectivity index (χ3v) is 5.82. The van der Waals surface area contributed by atoms with Crippen molar-refractivity contribution in [1.82, 2.24) is 20.3 Å². The molecule has 0 spiro atoms. The van der Waals surface area contributed by atoms with E-state index >= 15 is 4.39 Å². The van der Waals surface area contributed by atoms with E-state index in [1.807, 2.05) is 32.9 Å². The molecule has 9 nitrogen and oxygen atoms in total. The van der Waals surface area contributed by atoms with Crippen molar-refractivity contribution < 1.29 is 23.5 Å². The van der Waals surface area contributed by atoms with Gasteiger partial charge in [0.1, 0.15) is 23.9 Å². The van der Waals surface area contributed by atoms with Crippen LogP contribution in [0.25, 0.3) is 11.0 Å². The van der Waals surface area contributed by atoms with Gasteiger partial charge in [-0.25, -0.2) is 9.07 Å². The Balaban J connectivity index is 1.88. The van der Waals surface area contributed by atoms with Crippen LogP contribution in [0, 0.1) is 5.82 Å². The van der Waals surface area contributed by atoms with Gasteiger partial charge < -0.3 is 14.8 Å². The first-order valence-corrected chi connectivity index (χ1v) is 12.0. The Morgan fingerprint density at radius 3 is 2.37 bits per heavy atom. The summed E-state index contributed by atoms with van der Waals surface area (Å²) in [5.74, 6) is -0.893. The standard InChI is InChI=1S/C28H30FN5O4/c1-28(2,3)30-27(36)26(19-10-6-7-11-20(19)29)34(18-14-15-23(37-4)24(16-18)38-5)25(35)17-33-22-13-9-8-12-21(22)31-32-33/h6-16,26H,17H2,1-5H3,(H,30,36)/t26-/m0/s1. The van der Waals surface area contributed by atoms with E-state index in [0.717, 1.165) is 0 Å². The number of halogens is 1. The molecule has 0 bridgehead atoms. The van der Waals surface area contributed by atoms with Crippen LogP contribution in [0.3, 0.4) is 0 Å². The van der Waals surface area contributed by atoms with Gasteiger partial charge in [-0.2, -0.15) is 0 Å². The summed E-state index contributed by atoms with van der Waals surface area (Å²) in [4.78, 5) is 29.1. The van der Waals surface area contributed by atoms with Crippen molar-refractivity contribution in [3.8, 4) is 11.5 Å². The molecule has 0 aliphatic heterocycles. The van der Waals surface area contributed by atoms with Crippen LogP contribution in [-0.2, 0) is 16.1 Å². The molecule has 1 N–H and O–H groups in total. The van der Waals surface area contributed by atoms with E-state index in [0.29, 0.717) is 28.2 Å². The normalized spacial score (nSPS) is 12.2. The van der Waals surface area contributed by atoms with E-state index in [1.165, 1.54) is 42.0 Å². The zero-order valence-electron chi connectivity index (χ0n) is 21.9. The van der Waals surface area contributed by atoms with Crippen LogP contribution in [-0.4, -0.2) is 46.6 Å². The maximum Gasteiger partial charge on any atom is 0.249 e. The molecule has 3 aromatic carbocycles. The highest BCUT2D eigenvalue weighted by molar-refractivity contribution is 6.02. The fraction of sp³-hybridized carbons (Fsp3) is 0.286. The molecule has 2 amide bonds. The number of hydrogen-bond donors (Lipinski definition) is 1. The Labute approximate surface area is 220 Å². The minimum absolute atomic E-state index is 0.0424. The van der Waals surface area contributed by atoms with Crippen molar-refractivity contribution in [1.29, 1.82) is 0 Å². The number of methoxy groups -OCH3 is 2. The Morgan fingerprint density at radius 2 is 1.68 bits per heavy atom. The molecule has 0 radical (unpaired) electrons. The van der Waals surface area contributed by atoms with E-state index in [4.69, 9.17) is 9.47 Å². The van der Waals surface area contributed by atoms with Crippen LogP contribution in [0.2, 0.25) is 0 Å². The van der Waals surface area contributed by atoms with Crippen molar-refractivity contribution in [3.63, 3.8) is 0 Å². The van der Waals surface area contributed by atoms with Crippen molar-refractivity contribution >= 4 is 28.5 Å². The largest absolute Gasteiger partial charge is 0.493 e. The van der Waals surface area contributed by atoms with Crippen LogP contribution in [0.4, 0.5) is 10.1 Å². The lowest BCUT2D eigenvalue weighted by molar-refractivity contribution is -0.128. The van der Waals surface area contributed by atoms with Gasteiger partial charge in [0.15, 0.2) is 11.5 Å².